The molecule has 0 spiro atoms. The minimum absolute atomic E-state index is 0.104. The molecule has 5 rings (SSSR count). The maximum absolute atomic E-state index is 13.3. The molecule has 13 heteroatoms. The summed E-state index contributed by atoms with van der Waals surface area (Å²) in [5.74, 6) is 0.607. The number of nitrogens with one attached hydrogen (secondary N) is 1. The summed E-state index contributed by atoms with van der Waals surface area (Å²) in [6.07, 6.45) is -2.28. The topological polar surface area (TPSA) is 124 Å². The summed E-state index contributed by atoms with van der Waals surface area (Å²) in [5.41, 5.74) is 0.548. The molecule has 3 aromatic rings. The molecule has 0 radical (unpaired) electrons. The van der Waals surface area contributed by atoms with E-state index >= 15 is 0 Å². The van der Waals surface area contributed by atoms with Crippen molar-refractivity contribution < 1.29 is 32.9 Å². The summed E-state index contributed by atoms with van der Waals surface area (Å²) < 4.78 is 44.9. The molecule has 2 atom stereocenters. The van der Waals surface area contributed by atoms with Crippen LogP contribution in [0.1, 0.15) is 12.0 Å². The highest BCUT2D eigenvalue weighted by Crippen LogP contribution is 2.41. The number of anilines is 3. The molecule has 37 heavy (non-hydrogen) atoms. The SMILES string of the molecule is O=C(Nc1cnc(OC[C@H](O)CO)cn1)N1c2nc(-c3cccc(C(F)(F)F)c3)ccc2N2CC[C@H]1C2. The molecular formula is C24H23F3N6O4. The van der Waals surface area contributed by atoms with Crippen LogP contribution < -0.4 is 19.9 Å². The number of hydrogen-bond acceptors (Lipinski definition) is 8. The van der Waals surface area contributed by atoms with E-state index in [9.17, 15) is 23.1 Å². The Morgan fingerprint density at radius 3 is 2.78 bits per heavy atom. The molecule has 2 aliphatic rings. The van der Waals surface area contributed by atoms with Crippen LogP contribution in [0.5, 0.6) is 5.88 Å². The zero-order valence-electron chi connectivity index (χ0n) is 19.4. The van der Waals surface area contributed by atoms with Crippen LogP contribution in [-0.2, 0) is 6.18 Å². The zero-order chi connectivity index (χ0) is 26.2. The predicted octanol–water partition coefficient (Wildman–Crippen LogP) is 2.92. The minimum atomic E-state index is -4.48. The van der Waals surface area contributed by atoms with Gasteiger partial charge in [0.05, 0.1) is 42.0 Å². The maximum Gasteiger partial charge on any atom is 0.416 e. The third-order valence-electron chi connectivity index (χ3n) is 6.15. The molecule has 1 saturated heterocycles. The summed E-state index contributed by atoms with van der Waals surface area (Å²) in [6.45, 7) is 0.703. The Balaban J connectivity index is 1.39. The van der Waals surface area contributed by atoms with Crippen LogP contribution in [0.25, 0.3) is 11.3 Å². The number of amides is 2. The number of alkyl halides is 3. The molecule has 4 heterocycles. The lowest BCUT2D eigenvalue weighted by atomic mass is 10.1. The number of aromatic nitrogens is 3. The van der Waals surface area contributed by atoms with Crippen LogP contribution in [0.2, 0.25) is 0 Å². The van der Waals surface area contributed by atoms with Gasteiger partial charge in [-0.1, -0.05) is 12.1 Å². The fraction of sp³-hybridized carbons (Fsp3) is 0.333. The first-order chi connectivity index (χ1) is 17.7. The van der Waals surface area contributed by atoms with Crippen LogP contribution >= 0.6 is 0 Å². The zero-order valence-corrected chi connectivity index (χ0v) is 19.4. The van der Waals surface area contributed by atoms with E-state index < -0.39 is 30.5 Å². The summed E-state index contributed by atoms with van der Waals surface area (Å²) in [7, 11) is 0. The van der Waals surface area contributed by atoms with Gasteiger partial charge in [0, 0.05) is 18.7 Å². The minimum Gasteiger partial charge on any atom is -0.474 e. The highest BCUT2D eigenvalue weighted by molar-refractivity contribution is 6.04. The highest BCUT2D eigenvalue weighted by Gasteiger charge is 2.40. The number of carbonyl (C=O) groups excluding carboxylic acids is 1. The van der Waals surface area contributed by atoms with E-state index in [0.29, 0.717) is 30.0 Å². The van der Waals surface area contributed by atoms with E-state index in [1.54, 1.807) is 18.2 Å². The fourth-order valence-corrected chi connectivity index (χ4v) is 4.35. The molecule has 1 fully saturated rings. The van der Waals surface area contributed by atoms with Crippen LogP contribution in [0.3, 0.4) is 0 Å². The maximum atomic E-state index is 13.3. The van der Waals surface area contributed by atoms with Crippen molar-refractivity contribution >= 4 is 23.4 Å². The van der Waals surface area contributed by atoms with Crippen molar-refractivity contribution in [2.45, 2.75) is 24.7 Å². The van der Waals surface area contributed by atoms with Gasteiger partial charge >= 0.3 is 12.2 Å². The normalized spacial score (nSPS) is 17.4. The van der Waals surface area contributed by atoms with E-state index in [2.05, 4.69) is 25.2 Å². The predicted molar refractivity (Wildman–Crippen MR) is 127 cm³/mol. The Bertz CT molecular complexity index is 1290. The number of fused-ring (bicyclic) bond motifs is 4. The summed E-state index contributed by atoms with van der Waals surface area (Å²) in [4.78, 5) is 29.7. The Morgan fingerprint density at radius 2 is 2.05 bits per heavy atom. The molecule has 10 nitrogen and oxygen atoms in total. The highest BCUT2D eigenvalue weighted by atomic mass is 19.4. The number of benzene rings is 1. The molecule has 0 aliphatic carbocycles. The second kappa shape index (κ2) is 9.82. The number of halogens is 3. The van der Waals surface area contributed by atoms with E-state index in [0.717, 1.165) is 24.4 Å². The van der Waals surface area contributed by atoms with Crippen molar-refractivity contribution in [2.75, 3.05) is 41.4 Å². The number of hydrogen-bond donors (Lipinski definition) is 3. The van der Waals surface area contributed by atoms with Crippen molar-refractivity contribution in [1.29, 1.82) is 0 Å². The van der Waals surface area contributed by atoms with Crippen LogP contribution in [0.4, 0.5) is 35.3 Å². The monoisotopic (exact) mass is 516 g/mol. The Kier molecular flexibility index (Phi) is 6.56. The van der Waals surface area contributed by atoms with Crippen LogP contribution in [-0.4, -0.2) is 69.6 Å². The first kappa shape index (κ1) is 24.7. The molecule has 3 N–H and O–H groups in total. The number of urea groups is 1. The average Bonchev–Trinajstić information content (AvgIpc) is 3.31. The third-order valence-corrected chi connectivity index (χ3v) is 6.15. The third kappa shape index (κ3) is 5.13. The Labute approximate surface area is 209 Å². The lowest BCUT2D eigenvalue weighted by Gasteiger charge is -2.35. The summed E-state index contributed by atoms with van der Waals surface area (Å²) >= 11 is 0. The van der Waals surface area contributed by atoms with Crippen LogP contribution in [0.15, 0.2) is 48.8 Å². The van der Waals surface area contributed by atoms with E-state index in [1.165, 1.54) is 23.4 Å². The number of aliphatic hydroxyl groups is 2. The van der Waals surface area contributed by atoms with E-state index in [1.807, 2.05) is 0 Å². The van der Waals surface area contributed by atoms with Gasteiger partial charge in [-0.2, -0.15) is 13.2 Å². The van der Waals surface area contributed by atoms with Crippen molar-refractivity contribution in [3.63, 3.8) is 0 Å². The molecule has 0 saturated carbocycles. The number of carbonyl (C=O) groups is 1. The molecule has 2 aromatic heterocycles. The largest absolute Gasteiger partial charge is 0.474 e. The standard InChI is InChI=1S/C24H23F3N6O4/c25-24(26,27)15-3-1-2-14(8-15)18-4-5-19-22(30-18)33(16-6-7-32(19)11-16)23(36)31-20-9-29-21(10-28-20)37-13-17(35)12-34/h1-5,8-10,16-17,34-35H,6-7,11-13H2,(H,28,31,36)/t16-,17+/m0/s1. The molecular weight excluding hydrogens is 493 g/mol. The first-order valence-corrected chi connectivity index (χ1v) is 11.5. The summed E-state index contributed by atoms with van der Waals surface area (Å²) in [6, 6.07) is 7.66. The number of ether oxygens (including phenoxy) is 1. The second-order valence-corrected chi connectivity index (χ2v) is 8.69. The van der Waals surface area contributed by atoms with Gasteiger partial charge in [0.2, 0.25) is 5.88 Å². The molecule has 2 aliphatic heterocycles. The molecule has 194 valence electrons. The molecule has 2 bridgehead atoms. The smallest absolute Gasteiger partial charge is 0.416 e. The first-order valence-electron chi connectivity index (χ1n) is 11.5. The average molecular weight is 516 g/mol. The van der Waals surface area contributed by atoms with Crippen molar-refractivity contribution in [3.8, 4) is 17.1 Å². The van der Waals surface area contributed by atoms with Gasteiger partial charge in [0.15, 0.2) is 11.6 Å². The number of pyridine rings is 1. The Hall–Kier alpha value is -3.97. The number of aliphatic hydroxyl groups excluding tert-OH is 2. The van der Waals surface area contributed by atoms with Gasteiger partial charge in [0.25, 0.3) is 0 Å². The van der Waals surface area contributed by atoms with Gasteiger partial charge in [-0.3, -0.25) is 10.2 Å². The lowest BCUT2D eigenvalue weighted by molar-refractivity contribution is -0.137. The van der Waals surface area contributed by atoms with Crippen molar-refractivity contribution in [2.24, 2.45) is 0 Å². The second-order valence-electron chi connectivity index (χ2n) is 8.69. The molecule has 1 aromatic carbocycles. The van der Waals surface area contributed by atoms with Crippen molar-refractivity contribution in [3.05, 3.63) is 54.4 Å². The number of nitrogens with zero attached hydrogens (tertiary/aromatic N) is 5. The Morgan fingerprint density at radius 1 is 1.22 bits per heavy atom. The van der Waals surface area contributed by atoms with Gasteiger partial charge < -0.3 is 19.8 Å². The number of rotatable bonds is 6. The van der Waals surface area contributed by atoms with Gasteiger partial charge in [-0.15, -0.1) is 0 Å². The van der Waals surface area contributed by atoms with Crippen molar-refractivity contribution in [1.82, 2.24) is 15.0 Å². The fourth-order valence-electron chi connectivity index (χ4n) is 4.35. The van der Waals surface area contributed by atoms with Crippen LogP contribution in [0, 0.1) is 0 Å². The van der Waals surface area contributed by atoms with Gasteiger partial charge in [0.1, 0.15) is 12.7 Å². The van der Waals surface area contributed by atoms with E-state index in [-0.39, 0.29) is 24.3 Å². The molecule has 2 amide bonds. The van der Waals surface area contributed by atoms with Gasteiger partial charge in [-0.05, 0) is 30.7 Å². The van der Waals surface area contributed by atoms with E-state index in [4.69, 9.17) is 9.84 Å². The molecule has 0 unspecified atom stereocenters. The summed E-state index contributed by atoms with van der Waals surface area (Å²) in [5, 5.41) is 20.9. The quantitative estimate of drug-likeness (QED) is 0.457. The van der Waals surface area contributed by atoms with Gasteiger partial charge in [-0.25, -0.2) is 19.7 Å². The lowest BCUT2D eigenvalue weighted by Crippen LogP contribution is -2.48.